The summed E-state index contributed by atoms with van der Waals surface area (Å²) in [6, 6.07) is 1.33. The molecular formula is C10H12BrFO2. The van der Waals surface area contributed by atoms with Gasteiger partial charge in [0, 0.05) is 10.0 Å². The molecule has 1 rings (SSSR count). The van der Waals surface area contributed by atoms with E-state index in [-0.39, 0.29) is 5.75 Å². The molecule has 0 amide bonds. The molecule has 1 atom stereocenters. The normalized spacial score (nSPS) is 12.7. The van der Waals surface area contributed by atoms with Crippen LogP contribution in [0.2, 0.25) is 0 Å². The molecule has 0 aliphatic rings. The maximum atomic E-state index is 13.4. The minimum atomic E-state index is -0.753. The highest BCUT2D eigenvalue weighted by molar-refractivity contribution is 9.10. The lowest BCUT2D eigenvalue weighted by molar-refractivity contribution is 0.192. The van der Waals surface area contributed by atoms with Crippen molar-refractivity contribution >= 4 is 15.9 Å². The van der Waals surface area contributed by atoms with E-state index in [0.29, 0.717) is 10.0 Å². The third kappa shape index (κ3) is 1.91. The molecule has 1 N–H and O–H groups in total. The van der Waals surface area contributed by atoms with Crippen LogP contribution in [-0.4, -0.2) is 12.2 Å². The van der Waals surface area contributed by atoms with E-state index in [1.54, 1.807) is 13.8 Å². The Kier molecular flexibility index (Phi) is 3.50. The number of methoxy groups -OCH3 is 1. The number of aliphatic hydroxyl groups excluding tert-OH is 1. The SMILES string of the molecule is COc1c(F)cc(Br)c(C)c1C(C)O. The van der Waals surface area contributed by atoms with Crippen molar-refractivity contribution in [1.82, 2.24) is 0 Å². The first-order valence-electron chi connectivity index (χ1n) is 4.19. The van der Waals surface area contributed by atoms with Crippen LogP contribution in [0.25, 0.3) is 0 Å². The van der Waals surface area contributed by atoms with Gasteiger partial charge in [0.1, 0.15) is 0 Å². The van der Waals surface area contributed by atoms with Crippen LogP contribution in [0.5, 0.6) is 5.75 Å². The predicted octanol–water partition coefficient (Wildman–Crippen LogP) is 2.96. The molecule has 0 aliphatic heterocycles. The zero-order valence-electron chi connectivity index (χ0n) is 8.27. The van der Waals surface area contributed by atoms with E-state index in [0.717, 1.165) is 5.56 Å². The van der Waals surface area contributed by atoms with Gasteiger partial charge in [-0.3, -0.25) is 0 Å². The number of ether oxygens (including phenoxy) is 1. The average molecular weight is 263 g/mol. The van der Waals surface area contributed by atoms with Crippen LogP contribution in [0.1, 0.15) is 24.2 Å². The number of halogens is 2. The Hall–Kier alpha value is -0.610. The first kappa shape index (κ1) is 11.5. The lowest BCUT2D eigenvalue weighted by atomic mass is 10.0. The molecule has 0 spiro atoms. The summed E-state index contributed by atoms with van der Waals surface area (Å²) in [7, 11) is 1.39. The molecule has 1 aromatic carbocycles. The Balaban J connectivity index is 3.48. The number of rotatable bonds is 2. The van der Waals surface area contributed by atoms with Gasteiger partial charge < -0.3 is 9.84 Å². The summed E-state index contributed by atoms with van der Waals surface area (Å²) in [4.78, 5) is 0. The Morgan fingerprint density at radius 1 is 1.57 bits per heavy atom. The van der Waals surface area contributed by atoms with Crippen LogP contribution in [0, 0.1) is 12.7 Å². The smallest absolute Gasteiger partial charge is 0.166 e. The molecule has 1 aromatic rings. The minimum Gasteiger partial charge on any atom is -0.493 e. The lowest BCUT2D eigenvalue weighted by Crippen LogP contribution is -2.02. The second-order valence-corrected chi connectivity index (χ2v) is 3.94. The van der Waals surface area contributed by atoms with E-state index in [1.165, 1.54) is 13.2 Å². The van der Waals surface area contributed by atoms with Crippen LogP contribution in [-0.2, 0) is 0 Å². The molecule has 14 heavy (non-hydrogen) atoms. The van der Waals surface area contributed by atoms with Gasteiger partial charge in [-0.05, 0) is 25.5 Å². The van der Waals surface area contributed by atoms with Crippen LogP contribution in [0.15, 0.2) is 10.5 Å². The molecule has 0 aromatic heterocycles. The fourth-order valence-electron chi connectivity index (χ4n) is 1.42. The molecule has 0 saturated carbocycles. The van der Waals surface area contributed by atoms with Gasteiger partial charge in [0.15, 0.2) is 11.6 Å². The van der Waals surface area contributed by atoms with E-state index >= 15 is 0 Å². The van der Waals surface area contributed by atoms with Crippen molar-refractivity contribution in [3.63, 3.8) is 0 Å². The molecule has 0 fully saturated rings. The average Bonchev–Trinajstić information content (AvgIpc) is 2.10. The first-order valence-corrected chi connectivity index (χ1v) is 4.98. The fraction of sp³-hybridized carbons (Fsp3) is 0.400. The summed E-state index contributed by atoms with van der Waals surface area (Å²) in [6.45, 7) is 3.38. The molecule has 0 saturated heterocycles. The van der Waals surface area contributed by atoms with E-state index < -0.39 is 11.9 Å². The highest BCUT2D eigenvalue weighted by Crippen LogP contribution is 2.35. The Bertz CT molecular complexity index is 350. The summed E-state index contributed by atoms with van der Waals surface area (Å²) < 4.78 is 18.9. The van der Waals surface area contributed by atoms with Crippen LogP contribution in [0.3, 0.4) is 0 Å². The molecule has 2 nitrogen and oxygen atoms in total. The Morgan fingerprint density at radius 2 is 2.14 bits per heavy atom. The quantitative estimate of drug-likeness (QED) is 0.888. The number of hydrogen-bond acceptors (Lipinski definition) is 2. The number of aliphatic hydroxyl groups is 1. The van der Waals surface area contributed by atoms with Crippen molar-refractivity contribution in [1.29, 1.82) is 0 Å². The molecule has 1 unspecified atom stereocenters. The van der Waals surface area contributed by atoms with E-state index in [1.807, 2.05) is 0 Å². The van der Waals surface area contributed by atoms with Gasteiger partial charge in [-0.1, -0.05) is 15.9 Å². The van der Waals surface area contributed by atoms with Gasteiger partial charge in [0.2, 0.25) is 0 Å². The van der Waals surface area contributed by atoms with Crippen molar-refractivity contribution in [3.05, 3.63) is 27.5 Å². The predicted molar refractivity (Wildman–Crippen MR) is 56.0 cm³/mol. The molecular weight excluding hydrogens is 251 g/mol. The maximum absolute atomic E-state index is 13.4. The second kappa shape index (κ2) is 4.28. The largest absolute Gasteiger partial charge is 0.493 e. The summed E-state index contributed by atoms with van der Waals surface area (Å²) in [5.41, 5.74) is 1.28. The lowest BCUT2D eigenvalue weighted by Gasteiger charge is -2.16. The molecule has 4 heteroatoms. The van der Waals surface area contributed by atoms with Crippen LogP contribution in [0.4, 0.5) is 4.39 Å². The fourth-order valence-corrected chi connectivity index (χ4v) is 1.84. The molecule has 0 heterocycles. The summed E-state index contributed by atoms with van der Waals surface area (Å²) in [6.07, 6.45) is -0.753. The van der Waals surface area contributed by atoms with Crippen molar-refractivity contribution in [3.8, 4) is 5.75 Å². The number of benzene rings is 1. The monoisotopic (exact) mass is 262 g/mol. The van der Waals surface area contributed by atoms with Gasteiger partial charge in [-0.2, -0.15) is 0 Å². The van der Waals surface area contributed by atoms with Gasteiger partial charge in [0.25, 0.3) is 0 Å². The zero-order valence-corrected chi connectivity index (χ0v) is 9.85. The first-order chi connectivity index (χ1) is 6.49. The zero-order chi connectivity index (χ0) is 10.9. The Labute approximate surface area is 90.8 Å². The maximum Gasteiger partial charge on any atom is 0.166 e. The topological polar surface area (TPSA) is 29.5 Å². The van der Waals surface area contributed by atoms with Crippen molar-refractivity contribution in [2.45, 2.75) is 20.0 Å². The van der Waals surface area contributed by atoms with E-state index in [9.17, 15) is 9.50 Å². The van der Waals surface area contributed by atoms with Crippen molar-refractivity contribution < 1.29 is 14.2 Å². The van der Waals surface area contributed by atoms with E-state index in [2.05, 4.69) is 15.9 Å². The van der Waals surface area contributed by atoms with Gasteiger partial charge in [-0.25, -0.2) is 4.39 Å². The molecule has 0 bridgehead atoms. The summed E-state index contributed by atoms with van der Waals surface area (Å²) in [5.74, 6) is -0.360. The molecule has 0 aliphatic carbocycles. The highest BCUT2D eigenvalue weighted by Gasteiger charge is 2.18. The minimum absolute atomic E-state index is 0.112. The summed E-state index contributed by atoms with van der Waals surface area (Å²) in [5, 5.41) is 9.50. The van der Waals surface area contributed by atoms with Crippen molar-refractivity contribution in [2.75, 3.05) is 7.11 Å². The van der Waals surface area contributed by atoms with Gasteiger partial charge >= 0.3 is 0 Å². The van der Waals surface area contributed by atoms with Crippen LogP contribution < -0.4 is 4.74 Å². The van der Waals surface area contributed by atoms with Crippen molar-refractivity contribution in [2.24, 2.45) is 0 Å². The second-order valence-electron chi connectivity index (χ2n) is 3.09. The Morgan fingerprint density at radius 3 is 2.57 bits per heavy atom. The van der Waals surface area contributed by atoms with E-state index in [4.69, 9.17) is 4.74 Å². The third-order valence-corrected chi connectivity index (χ3v) is 2.92. The molecule has 0 radical (unpaired) electrons. The standard InChI is InChI=1S/C10H12BrFO2/c1-5-7(11)4-8(12)10(14-3)9(5)6(2)13/h4,6,13H,1-3H3. The summed E-state index contributed by atoms with van der Waals surface area (Å²) >= 11 is 3.22. The van der Waals surface area contributed by atoms with Crippen LogP contribution >= 0.6 is 15.9 Å². The van der Waals surface area contributed by atoms with Gasteiger partial charge in [0.05, 0.1) is 13.2 Å². The van der Waals surface area contributed by atoms with Gasteiger partial charge in [-0.15, -0.1) is 0 Å². The molecule has 78 valence electrons. The highest BCUT2D eigenvalue weighted by atomic mass is 79.9. The number of hydrogen-bond donors (Lipinski definition) is 1. The third-order valence-electron chi connectivity index (χ3n) is 2.10.